The fourth-order valence-electron chi connectivity index (χ4n) is 3.09. The Labute approximate surface area is 151 Å². The first-order valence-corrected chi connectivity index (χ1v) is 9.65. The summed E-state index contributed by atoms with van der Waals surface area (Å²) in [7, 11) is 2.14. The van der Waals surface area contributed by atoms with Crippen LogP contribution in [0.15, 0.2) is 41.7 Å². The molecule has 3 heterocycles. The molecule has 1 aliphatic rings. The Balaban J connectivity index is 1.63. The topological polar surface area (TPSA) is 56.1 Å². The van der Waals surface area contributed by atoms with Crippen LogP contribution in [0.2, 0.25) is 0 Å². The van der Waals surface area contributed by atoms with Crippen LogP contribution < -0.4 is 4.74 Å². The van der Waals surface area contributed by atoms with E-state index >= 15 is 0 Å². The van der Waals surface area contributed by atoms with Crippen molar-refractivity contribution >= 4 is 22.8 Å². The second-order valence-corrected chi connectivity index (χ2v) is 7.17. The summed E-state index contributed by atoms with van der Waals surface area (Å²) in [6, 6.07) is 8.28. The zero-order valence-corrected chi connectivity index (χ0v) is 15.2. The maximum atomic E-state index is 6.17. The largest absolute Gasteiger partial charge is 0.474 e. The Morgan fingerprint density at radius 2 is 1.88 bits per heavy atom. The van der Waals surface area contributed by atoms with Crippen molar-refractivity contribution in [2.24, 2.45) is 0 Å². The lowest BCUT2D eigenvalue weighted by Crippen LogP contribution is -2.35. The van der Waals surface area contributed by atoms with E-state index in [1.807, 2.05) is 4.68 Å². The molecule has 0 radical (unpaired) electrons. The molecular formula is C18H21N5OS. The molecular weight excluding hydrogens is 334 g/mol. The highest BCUT2D eigenvalue weighted by atomic mass is 32.2. The van der Waals surface area contributed by atoms with Gasteiger partial charge in [-0.2, -0.15) is 5.10 Å². The highest BCUT2D eigenvalue weighted by Crippen LogP contribution is 2.26. The number of rotatable bonds is 4. The molecule has 0 saturated carbocycles. The minimum Gasteiger partial charge on any atom is -0.474 e. The Kier molecular flexibility index (Phi) is 4.59. The summed E-state index contributed by atoms with van der Waals surface area (Å²) < 4.78 is 8.00. The first-order chi connectivity index (χ1) is 12.2. The molecule has 1 fully saturated rings. The van der Waals surface area contributed by atoms with Gasteiger partial charge in [0.15, 0.2) is 5.65 Å². The standard InChI is InChI=1S/C18H21N5OS/c1-22-9-7-14(8-10-22)24-18-16-11-21-23(17(16)19-12-20-18)13-3-5-15(25-2)6-4-13/h3-6,11-12,14H,7-10H2,1-2H3. The lowest BCUT2D eigenvalue weighted by molar-refractivity contribution is 0.111. The van der Waals surface area contributed by atoms with Gasteiger partial charge in [-0.25, -0.2) is 14.6 Å². The molecule has 1 aliphatic heterocycles. The molecule has 6 nitrogen and oxygen atoms in total. The first-order valence-electron chi connectivity index (χ1n) is 8.43. The van der Waals surface area contributed by atoms with Crippen LogP contribution in [0, 0.1) is 0 Å². The van der Waals surface area contributed by atoms with E-state index in [0.717, 1.165) is 42.7 Å². The van der Waals surface area contributed by atoms with Crippen molar-refractivity contribution in [1.82, 2.24) is 24.6 Å². The molecule has 4 rings (SSSR count). The van der Waals surface area contributed by atoms with Gasteiger partial charge in [0, 0.05) is 18.0 Å². The maximum Gasteiger partial charge on any atom is 0.228 e. The third-order valence-corrected chi connectivity index (χ3v) is 5.33. The van der Waals surface area contributed by atoms with Crippen molar-refractivity contribution in [2.75, 3.05) is 26.4 Å². The molecule has 0 N–H and O–H groups in total. The zero-order chi connectivity index (χ0) is 17.2. The van der Waals surface area contributed by atoms with E-state index in [1.54, 1.807) is 24.3 Å². The monoisotopic (exact) mass is 355 g/mol. The van der Waals surface area contributed by atoms with Gasteiger partial charge in [-0.15, -0.1) is 11.8 Å². The number of hydrogen-bond donors (Lipinski definition) is 0. The number of hydrogen-bond acceptors (Lipinski definition) is 6. The van der Waals surface area contributed by atoms with Crippen molar-refractivity contribution in [1.29, 1.82) is 0 Å². The number of fused-ring (bicyclic) bond motifs is 1. The molecule has 0 amide bonds. The highest BCUT2D eigenvalue weighted by molar-refractivity contribution is 7.98. The Hall–Kier alpha value is -2.12. The Bertz CT molecular complexity index is 856. The first kappa shape index (κ1) is 16.4. The number of piperidine rings is 1. The van der Waals surface area contributed by atoms with E-state index in [4.69, 9.17) is 4.74 Å². The normalized spacial score (nSPS) is 16.4. The average molecular weight is 355 g/mol. The summed E-state index contributed by atoms with van der Waals surface area (Å²) in [4.78, 5) is 12.3. The van der Waals surface area contributed by atoms with Crippen LogP contribution in [0.4, 0.5) is 0 Å². The van der Waals surface area contributed by atoms with Crippen molar-refractivity contribution in [3.05, 3.63) is 36.8 Å². The molecule has 130 valence electrons. The molecule has 7 heteroatoms. The van der Waals surface area contributed by atoms with Crippen LogP contribution in [0.3, 0.4) is 0 Å². The molecule has 0 aliphatic carbocycles. The summed E-state index contributed by atoms with van der Waals surface area (Å²) >= 11 is 1.72. The zero-order valence-electron chi connectivity index (χ0n) is 14.4. The van der Waals surface area contributed by atoms with Crippen molar-refractivity contribution in [2.45, 2.75) is 23.8 Å². The molecule has 2 aromatic heterocycles. The summed E-state index contributed by atoms with van der Waals surface area (Å²) in [5.41, 5.74) is 1.76. The number of benzene rings is 1. The lowest BCUT2D eigenvalue weighted by Gasteiger charge is -2.28. The van der Waals surface area contributed by atoms with Gasteiger partial charge in [0.25, 0.3) is 0 Å². The third kappa shape index (κ3) is 3.34. The van der Waals surface area contributed by atoms with Crippen molar-refractivity contribution in [3.63, 3.8) is 0 Å². The number of nitrogens with zero attached hydrogens (tertiary/aromatic N) is 5. The van der Waals surface area contributed by atoms with Gasteiger partial charge >= 0.3 is 0 Å². The summed E-state index contributed by atoms with van der Waals surface area (Å²) in [6.45, 7) is 2.11. The van der Waals surface area contributed by atoms with Gasteiger partial charge in [-0.05, 0) is 50.4 Å². The summed E-state index contributed by atoms with van der Waals surface area (Å²) in [6.07, 6.45) is 7.67. The number of aromatic nitrogens is 4. The molecule has 0 unspecified atom stereocenters. The molecule has 0 spiro atoms. The highest BCUT2D eigenvalue weighted by Gasteiger charge is 2.20. The molecule has 0 bridgehead atoms. The average Bonchev–Trinajstić information content (AvgIpc) is 3.09. The van der Waals surface area contributed by atoms with Gasteiger partial charge in [0.05, 0.1) is 11.9 Å². The summed E-state index contributed by atoms with van der Waals surface area (Å²) in [5, 5.41) is 5.36. The van der Waals surface area contributed by atoms with Crippen LogP contribution in [0.25, 0.3) is 16.7 Å². The van der Waals surface area contributed by atoms with Gasteiger partial charge in [-0.1, -0.05) is 0 Å². The van der Waals surface area contributed by atoms with Crippen LogP contribution in [-0.4, -0.2) is 57.1 Å². The molecule has 1 aromatic carbocycles. The van der Waals surface area contributed by atoms with Crippen molar-refractivity contribution < 1.29 is 4.74 Å². The van der Waals surface area contributed by atoms with Gasteiger partial charge in [0.2, 0.25) is 5.88 Å². The fourth-order valence-corrected chi connectivity index (χ4v) is 3.50. The quantitative estimate of drug-likeness (QED) is 0.671. The van der Waals surface area contributed by atoms with Gasteiger partial charge in [-0.3, -0.25) is 0 Å². The van der Waals surface area contributed by atoms with E-state index in [-0.39, 0.29) is 6.10 Å². The van der Waals surface area contributed by atoms with E-state index in [9.17, 15) is 0 Å². The number of ether oxygens (including phenoxy) is 1. The molecule has 1 saturated heterocycles. The van der Waals surface area contributed by atoms with E-state index in [0.29, 0.717) is 5.88 Å². The predicted octanol–water partition coefficient (Wildman–Crippen LogP) is 3.01. The third-order valence-electron chi connectivity index (χ3n) is 4.59. The van der Waals surface area contributed by atoms with Gasteiger partial charge in [0.1, 0.15) is 17.8 Å². The minimum atomic E-state index is 0.207. The molecule has 0 atom stereocenters. The van der Waals surface area contributed by atoms with E-state index in [2.05, 4.69) is 57.5 Å². The van der Waals surface area contributed by atoms with Crippen LogP contribution in [0.5, 0.6) is 5.88 Å². The van der Waals surface area contributed by atoms with Crippen molar-refractivity contribution in [3.8, 4) is 11.6 Å². The number of likely N-dealkylation sites (tertiary alicyclic amines) is 1. The smallest absolute Gasteiger partial charge is 0.228 e. The van der Waals surface area contributed by atoms with Crippen LogP contribution >= 0.6 is 11.8 Å². The molecule has 25 heavy (non-hydrogen) atoms. The number of thioether (sulfide) groups is 1. The second-order valence-electron chi connectivity index (χ2n) is 6.29. The maximum absolute atomic E-state index is 6.17. The predicted molar refractivity (Wildman–Crippen MR) is 99.6 cm³/mol. The lowest BCUT2D eigenvalue weighted by atomic mass is 10.1. The Morgan fingerprint density at radius 1 is 1.12 bits per heavy atom. The molecule has 3 aromatic rings. The fraction of sp³-hybridized carbons (Fsp3) is 0.389. The summed E-state index contributed by atoms with van der Waals surface area (Å²) in [5.74, 6) is 0.631. The van der Waals surface area contributed by atoms with E-state index < -0.39 is 0 Å². The van der Waals surface area contributed by atoms with E-state index in [1.165, 1.54) is 4.90 Å². The SMILES string of the molecule is CSc1ccc(-n2ncc3c(OC4CCN(C)CC4)ncnc32)cc1. The second kappa shape index (κ2) is 7.01. The van der Waals surface area contributed by atoms with Crippen LogP contribution in [0.1, 0.15) is 12.8 Å². The van der Waals surface area contributed by atoms with Gasteiger partial charge < -0.3 is 9.64 Å². The van der Waals surface area contributed by atoms with Crippen LogP contribution in [-0.2, 0) is 0 Å². The Morgan fingerprint density at radius 3 is 2.60 bits per heavy atom. The minimum absolute atomic E-state index is 0.207.